The number of carboxylic acid groups (broad SMARTS) is 2. The van der Waals surface area contributed by atoms with Gasteiger partial charge in [-0.25, -0.2) is 4.98 Å². The first-order valence-electron chi connectivity index (χ1n) is 12.5. The maximum atomic E-state index is 12.6. The average molecular weight is 593 g/mol. The molecular weight excluding hydrogens is 568 g/mol. The highest BCUT2D eigenvalue weighted by Gasteiger charge is 2.22. The number of Topliss-reactive ketones (excluding diaryl/α,β-unsaturated/α-hetero) is 2. The molecule has 0 bridgehead atoms. The predicted molar refractivity (Wildman–Crippen MR) is 156 cm³/mol. The number of aromatic amines is 1. The minimum Gasteiger partial charge on any atom is -0.496 e. The van der Waals surface area contributed by atoms with Gasteiger partial charge in [0.1, 0.15) is 11.5 Å². The fourth-order valence-electron chi connectivity index (χ4n) is 4.52. The smallest absolute Gasteiger partial charge is 0.303 e. The number of aliphatic carboxylic acids is 2. The van der Waals surface area contributed by atoms with Crippen molar-refractivity contribution < 1.29 is 38.9 Å². The van der Waals surface area contributed by atoms with Crippen LogP contribution in [0.3, 0.4) is 0 Å². The second kappa shape index (κ2) is 11.5. The van der Waals surface area contributed by atoms with Gasteiger partial charge < -0.3 is 24.7 Å². The first kappa shape index (κ1) is 28.0. The molecule has 0 saturated carbocycles. The van der Waals surface area contributed by atoms with Gasteiger partial charge in [0.2, 0.25) is 0 Å². The van der Waals surface area contributed by atoms with E-state index in [4.69, 9.17) is 19.7 Å². The summed E-state index contributed by atoms with van der Waals surface area (Å²) in [5.41, 5.74) is 2.63. The number of ketones is 2. The van der Waals surface area contributed by atoms with Gasteiger partial charge in [0.15, 0.2) is 11.6 Å². The quantitative estimate of drug-likeness (QED) is 0.142. The summed E-state index contributed by atoms with van der Waals surface area (Å²) in [7, 11) is 3.09. The van der Waals surface area contributed by atoms with Crippen molar-refractivity contribution in [2.45, 2.75) is 25.7 Å². The third kappa shape index (κ3) is 5.70. The van der Waals surface area contributed by atoms with E-state index < -0.39 is 11.9 Å². The van der Waals surface area contributed by atoms with Gasteiger partial charge in [0.25, 0.3) is 0 Å². The number of benzene rings is 2. The summed E-state index contributed by atoms with van der Waals surface area (Å²) in [5.74, 6) is -1.42. The van der Waals surface area contributed by atoms with E-state index in [0.717, 1.165) is 20.2 Å². The third-order valence-corrected chi connectivity index (χ3v) is 8.80. The van der Waals surface area contributed by atoms with Crippen molar-refractivity contribution in [3.05, 3.63) is 52.5 Å². The lowest BCUT2D eigenvalue weighted by Crippen LogP contribution is -2.01. The van der Waals surface area contributed by atoms with Gasteiger partial charge in [-0.15, -0.1) is 22.7 Å². The Balaban J connectivity index is 1.56. The van der Waals surface area contributed by atoms with Crippen molar-refractivity contribution >= 4 is 66.4 Å². The summed E-state index contributed by atoms with van der Waals surface area (Å²) in [4.78, 5) is 55.6. The van der Waals surface area contributed by atoms with Crippen LogP contribution in [0.2, 0.25) is 0 Å². The Bertz CT molecular complexity index is 1700. The predicted octanol–water partition coefficient (Wildman–Crippen LogP) is 6.29. The fourth-order valence-corrected chi connectivity index (χ4v) is 6.62. The second-order valence-electron chi connectivity index (χ2n) is 9.16. The monoisotopic (exact) mass is 592 g/mol. The zero-order valence-corrected chi connectivity index (χ0v) is 23.6. The van der Waals surface area contributed by atoms with Crippen molar-refractivity contribution in [3.63, 3.8) is 0 Å². The van der Waals surface area contributed by atoms with Crippen molar-refractivity contribution in [2.24, 2.45) is 0 Å². The van der Waals surface area contributed by atoms with Crippen LogP contribution in [-0.2, 0) is 9.59 Å². The Morgan fingerprint density at radius 2 is 1.22 bits per heavy atom. The Labute approximate surface area is 241 Å². The summed E-state index contributed by atoms with van der Waals surface area (Å²) in [5, 5.41) is 19.4. The van der Waals surface area contributed by atoms with Gasteiger partial charge in [-0.3, -0.25) is 19.2 Å². The van der Waals surface area contributed by atoms with Gasteiger partial charge in [-0.05, 0) is 47.2 Å². The van der Waals surface area contributed by atoms with Crippen LogP contribution < -0.4 is 9.47 Å². The van der Waals surface area contributed by atoms with Crippen molar-refractivity contribution in [2.75, 3.05) is 14.2 Å². The SMILES string of the molecule is COc1cc2cc(C(=O)CCC(=O)O)sc2cc1-c1nc[nH]c1-c1cc2sc(C(=O)CCC(=O)O)cc2cc1OC. The molecule has 3 aromatic heterocycles. The van der Waals surface area contributed by atoms with E-state index in [1.807, 2.05) is 24.3 Å². The molecule has 0 atom stereocenters. The number of hydrogen-bond acceptors (Lipinski definition) is 9. The summed E-state index contributed by atoms with van der Waals surface area (Å²) < 4.78 is 13.0. The lowest BCUT2D eigenvalue weighted by Gasteiger charge is -2.12. The number of rotatable bonds is 12. The van der Waals surface area contributed by atoms with Gasteiger partial charge >= 0.3 is 11.9 Å². The first-order valence-corrected chi connectivity index (χ1v) is 14.1. The van der Waals surface area contributed by atoms with Gasteiger partial charge in [0, 0.05) is 33.4 Å². The molecule has 3 heterocycles. The molecule has 12 heteroatoms. The Morgan fingerprint density at radius 3 is 1.71 bits per heavy atom. The molecule has 0 aliphatic carbocycles. The number of aromatic nitrogens is 2. The highest BCUT2D eigenvalue weighted by atomic mass is 32.1. The van der Waals surface area contributed by atoms with E-state index in [2.05, 4.69) is 9.97 Å². The van der Waals surface area contributed by atoms with E-state index in [0.29, 0.717) is 43.8 Å². The zero-order chi connectivity index (χ0) is 29.3. The topological polar surface area (TPSA) is 156 Å². The fraction of sp³-hybridized carbons (Fsp3) is 0.207. The Hall–Kier alpha value is -4.55. The lowest BCUT2D eigenvalue weighted by molar-refractivity contribution is -0.137. The molecule has 0 aliphatic rings. The second-order valence-corrected chi connectivity index (χ2v) is 11.3. The standard InChI is InChI=1S/C29H24N2O8S2/c1-38-20-7-14-9-24(18(32)3-5-26(34)35)40-22(14)11-16(20)28-29(31-13-30-28)17-12-23-15(8-21(17)39-2)10-25(41-23)19(33)4-6-27(36)37/h7-13H,3-6H2,1-2H3,(H,30,31)(H,34,35)(H,36,37). The number of carbonyl (C=O) groups excluding carboxylic acids is 2. The Morgan fingerprint density at radius 1 is 0.732 bits per heavy atom. The van der Waals surface area contributed by atoms with Crippen molar-refractivity contribution in [1.29, 1.82) is 0 Å². The number of carbonyl (C=O) groups is 4. The molecule has 0 radical (unpaired) electrons. The number of imidazole rings is 1. The number of nitrogens with zero attached hydrogens (tertiary/aromatic N) is 1. The summed E-state index contributed by atoms with van der Waals surface area (Å²) >= 11 is 2.57. The van der Waals surface area contributed by atoms with Crippen LogP contribution in [-0.4, -0.2) is 57.9 Å². The molecule has 0 unspecified atom stereocenters. The molecule has 41 heavy (non-hydrogen) atoms. The molecule has 0 spiro atoms. The normalized spacial score (nSPS) is 11.2. The maximum Gasteiger partial charge on any atom is 0.303 e. The number of ether oxygens (including phenoxy) is 2. The van der Waals surface area contributed by atoms with E-state index >= 15 is 0 Å². The highest BCUT2D eigenvalue weighted by Crippen LogP contribution is 2.44. The number of methoxy groups -OCH3 is 2. The number of fused-ring (bicyclic) bond motifs is 2. The first-order chi connectivity index (χ1) is 19.7. The van der Waals surface area contributed by atoms with Crippen LogP contribution in [0.4, 0.5) is 0 Å². The highest BCUT2D eigenvalue weighted by molar-refractivity contribution is 7.21. The molecule has 2 aromatic carbocycles. The minimum atomic E-state index is -1.02. The number of hydrogen-bond donors (Lipinski definition) is 3. The molecular formula is C29H24N2O8S2. The molecule has 0 fully saturated rings. The van der Waals surface area contributed by atoms with Crippen LogP contribution in [0.1, 0.15) is 45.0 Å². The summed E-state index contributed by atoms with van der Waals surface area (Å²) in [6.07, 6.45) is 0.949. The molecule has 0 saturated heterocycles. The molecule has 210 valence electrons. The number of thiophene rings is 2. The molecule has 0 aliphatic heterocycles. The molecule has 5 rings (SSSR count). The van der Waals surface area contributed by atoms with Crippen LogP contribution in [0, 0.1) is 0 Å². The molecule has 0 amide bonds. The molecule has 5 aromatic rings. The minimum absolute atomic E-state index is 0.0747. The van der Waals surface area contributed by atoms with Crippen LogP contribution in [0.5, 0.6) is 11.5 Å². The zero-order valence-electron chi connectivity index (χ0n) is 22.0. The van der Waals surface area contributed by atoms with Crippen molar-refractivity contribution in [1.82, 2.24) is 9.97 Å². The maximum absolute atomic E-state index is 12.6. The molecule has 10 nitrogen and oxygen atoms in total. The number of H-pyrrole nitrogens is 1. The van der Waals surface area contributed by atoms with Crippen molar-refractivity contribution in [3.8, 4) is 34.0 Å². The van der Waals surface area contributed by atoms with Gasteiger partial charge in [-0.1, -0.05) is 0 Å². The summed E-state index contributed by atoms with van der Waals surface area (Å²) in [6.45, 7) is 0. The van der Waals surface area contributed by atoms with Gasteiger partial charge in [-0.2, -0.15) is 0 Å². The largest absolute Gasteiger partial charge is 0.496 e. The number of carboxylic acids is 2. The lowest BCUT2D eigenvalue weighted by atomic mass is 10.0. The third-order valence-electron chi connectivity index (χ3n) is 6.52. The van der Waals surface area contributed by atoms with Gasteiger partial charge in [0.05, 0.1) is 54.5 Å². The van der Waals surface area contributed by atoms with E-state index in [-0.39, 0.29) is 37.2 Å². The van der Waals surface area contributed by atoms with E-state index in [1.165, 1.54) is 22.7 Å². The van der Waals surface area contributed by atoms with E-state index in [9.17, 15) is 19.2 Å². The van der Waals surface area contributed by atoms with Crippen LogP contribution in [0.25, 0.3) is 42.7 Å². The van der Waals surface area contributed by atoms with E-state index in [1.54, 1.807) is 32.7 Å². The average Bonchev–Trinajstić information content (AvgIpc) is 3.70. The Kier molecular flexibility index (Phi) is 7.86. The summed E-state index contributed by atoms with van der Waals surface area (Å²) in [6, 6.07) is 10.9. The number of nitrogens with one attached hydrogen (secondary N) is 1. The molecule has 3 N–H and O–H groups in total. The van der Waals surface area contributed by atoms with Crippen LogP contribution >= 0.6 is 22.7 Å². The van der Waals surface area contributed by atoms with Crippen LogP contribution in [0.15, 0.2) is 42.7 Å².